The van der Waals surface area contributed by atoms with Gasteiger partial charge in [0.2, 0.25) is 0 Å². The smallest absolute Gasteiger partial charge is 0.103 e. The molecule has 72 valence electrons. The normalized spacial score (nSPS) is 8.93. The Bertz CT molecular complexity index is 318. The van der Waals surface area contributed by atoms with E-state index < -0.39 is 0 Å². The van der Waals surface area contributed by atoms with Crippen molar-refractivity contribution in [3.63, 3.8) is 0 Å². The van der Waals surface area contributed by atoms with Crippen molar-refractivity contribution in [3.8, 4) is 0 Å². The minimum Gasteiger partial charge on any atom is -0.103 e. The van der Waals surface area contributed by atoms with E-state index in [4.69, 9.17) is 0 Å². The lowest BCUT2D eigenvalue weighted by atomic mass is 10.0. The van der Waals surface area contributed by atoms with Crippen molar-refractivity contribution in [2.45, 2.75) is 12.8 Å². The maximum absolute atomic E-state index is 3.75. The predicted molar refractivity (Wildman–Crippen MR) is 70.5 cm³/mol. The zero-order chi connectivity index (χ0) is 9.68. The van der Waals surface area contributed by atoms with Crippen molar-refractivity contribution in [1.29, 1.82) is 0 Å². The predicted octanol–water partition coefficient (Wildman–Crippen LogP) is 2.99. The van der Waals surface area contributed by atoms with E-state index in [0.717, 1.165) is 17.3 Å². The van der Waals surface area contributed by atoms with Crippen LogP contribution in [0.15, 0.2) is 48.0 Å². The fourth-order valence-corrected chi connectivity index (χ4v) is 1.70. The first-order valence-electron chi connectivity index (χ1n) is 4.27. The van der Waals surface area contributed by atoms with Gasteiger partial charge in [0.15, 0.2) is 0 Å². The molecule has 0 aliphatic rings. The Balaban J connectivity index is 0.00000169. The van der Waals surface area contributed by atoms with Crippen LogP contribution in [-0.2, 0) is 12.8 Å². The summed E-state index contributed by atoms with van der Waals surface area (Å²) in [5, 5.41) is 0. The molecule has 0 saturated heterocycles. The van der Waals surface area contributed by atoms with Gasteiger partial charge in [-0.15, -0.1) is 13.2 Å². The lowest BCUT2D eigenvalue weighted by Gasteiger charge is -2.05. The van der Waals surface area contributed by atoms with Gasteiger partial charge in [0, 0.05) is 4.47 Å². The minimum atomic E-state index is 0. The maximum atomic E-state index is 3.75. The largest absolute Gasteiger partial charge is 0.316 e. The number of rotatable bonds is 4. The van der Waals surface area contributed by atoms with E-state index in [1.807, 2.05) is 12.2 Å². The average Bonchev–Trinajstić information content (AvgIpc) is 2.10. The Morgan fingerprint density at radius 3 is 2.21 bits per heavy atom. The SMILES string of the molecule is C=CCc1ccc(Br)cc1CC=C.[MgH2]. The lowest BCUT2D eigenvalue weighted by Crippen LogP contribution is -1.91. The zero-order valence-corrected chi connectivity index (χ0v) is 9.18. The van der Waals surface area contributed by atoms with Gasteiger partial charge in [-0.3, -0.25) is 0 Å². The van der Waals surface area contributed by atoms with Crippen LogP contribution in [0.25, 0.3) is 0 Å². The van der Waals surface area contributed by atoms with E-state index in [1.165, 1.54) is 11.1 Å². The van der Waals surface area contributed by atoms with Crippen molar-refractivity contribution in [2.75, 3.05) is 0 Å². The van der Waals surface area contributed by atoms with Crippen molar-refractivity contribution >= 4 is 39.0 Å². The van der Waals surface area contributed by atoms with Crippen LogP contribution in [0.4, 0.5) is 0 Å². The summed E-state index contributed by atoms with van der Waals surface area (Å²) < 4.78 is 1.12. The standard InChI is InChI=1S/C12H13Br.Mg.2H/c1-3-5-10-7-8-12(13)9-11(10)6-4-2;;;/h3-4,7-9H,1-2,5-6H2;;;. The molecule has 0 nitrogen and oxygen atoms in total. The topological polar surface area (TPSA) is 0 Å². The molecule has 0 N–H and O–H groups in total. The first kappa shape index (κ1) is 13.9. The second-order valence-electron chi connectivity index (χ2n) is 2.90. The summed E-state index contributed by atoms with van der Waals surface area (Å²) in [4.78, 5) is 0. The number of benzene rings is 1. The molecule has 0 radical (unpaired) electrons. The quantitative estimate of drug-likeness (QED) is 0.579. The monoisotopic (exact) mass is 262 g/mol. The minimum absolute atomic E-state index is 0. The van der Waals surface area contributed by atoms with Crippen molar-refractivity contribution < 1.29 is 0 Å². The van der Waals surface area contributed by atoms with Gasteiger partial charge in [-0.05, 0) is 36.1 Å². The number of hydrogen-bond acceptors (Lipinski definition) is 0. The van der Waals surface area contributed by atoms with Crippen LogP contribution in [0, 0.1) is 0 Å². The fraction of sp³-hybridized carbons (Fsp3) is 0.167. The second-order valence-corrected chi connectivity index (χ2v) is 3.81. The summed E-state index contributed by atoms with van der Waals surface area (Å²) in [5.74, 6) is 0. The Kier molecular flexibility index (Phi) is 7.24. The molecule has 1 rings (SSSR count). The molecule has 0 fully saturated rings. The molecule has 1 aromatic rings. The van der Waals surface area contributed by atoms with Crippen LogP contribution in [0.2, 0.25) is 0 Å². The van der Waals surface area contributed by atoms with E-state index >= 15 is 0 Å². The molecule has 0 aromatic heterocycles. The van der Waals surface area contributed by atoms with E-state index in [0.29, 0.717) is 0 Å². The van der Waals surface area contributed by atoms with Gasteiger partial charge in [0.1, 0.15) is 0 Å². The third-order valence-corrected chi connectivity index (χ3v) is 2.39. The Labute approximate surface area is 110 Å². The summed E-state index contributed by atoms with van der Waals surface area (Å²) in [6.07, 6.45) is 5.70. The van der Waals surface area contributed by atoms with E-state index in [1.54, 1.807) is 0 Å². The highest BCUT2D eigenvalue weighted by molar-refractivity contribution is 9.10. The number of allylic oxidation sites excluding steroid dienone is 2. The van der Waals surface area contributed by atoms with Crippen molar-refractivity contribution in [1.82, 2.24) is 0 Å². The van der Waals surface area contributed by atoms with Gasteiger partial charge in [-0.25, -0.2) is 0 Å². The van der Waals surface area contributed by atoms with Crippen LogP contribution in [0.5, 0.6) is 0 Å². The Morgan fingerprint density at radius 1 is 1.07 bits per heavy atom. The van der Waals surface area contributed by atoms with Gasteiger partial charge >= 0.3 is 23.1 Å². The molecular weight excluding hydrogens is 248 g/mol. The van der Waals surface area contributed by atoms with Crippen LogP contribution in [0.3, 0.4) is 0 Å². The van der Waals surface area contributed by atoms with Gasteiger partial charge in [0.25, 0.3) is 0 Å². The zero-order valence-electron chi connectivity index (χ0n) is 7.59. The highest BCUT2D eigenvalue weighted by Crippen LogP contribution is 2.18. The summed E-state index contributed by atoms with van der Waals surface area (Å²) >= 11 is 3.46. The summed E-state index contributed by atoms with van der Waals surface area (Å²) in [5.41, 5.74) is 2.65. The molecule has 0 heterocycles. The molecule has 0 aliphatic heterocycles. The molecule has 1 aromatic carbocycles. The summed E-state index contributed by atoms with van der Waals surface area (Å²) in [6.45, 7) is 7.49. The molecule has 0 unspecified atom stereocenters. The highest BCUT2D eigenvalue weighted by Gasteiger charge is 1.99. The van der Waals surface area contributed by atoms with Gasteiger partial charge in [0.05, 0.1) is 0 Å². The second kappa shape index (κ2) is 7.27. The molecule has 0 bridgehead atoms. The van der Waals surface area contributed by atoms with E-state index in [-0.39, 0.29) is 23.1 Å². The van der Waals surface area contributed by atoms with Crippen molar-refractivity contribution in [2.24, 2.45) is 0 Å². The number of halogens is 1. The molecule has 0 aliphatic carbocycles. The Hall–Kier alpha value is -0.0538. The van der Waals surface area contributed by atoms with Crippen molar-refractivity contribution in [3.05, 3.63) is 59.1 Å². The third-order valence-electron chi connectivity index (χ3n) is 1.90. The molecule has 0 amide bonds. The highest BCUT2D eigenvalue weighted by atomic mass is 79.9. The summed E-state index contributed by atoms with van der Waals surface area (Å²) in [6, 6.07) is 6.33. The molecular formula is C12H15BrMg. The van der Waals surface area contributed by atoms with Gasteiger partial charge in [-0.2, -0.15) is 0 Å². The van der Waals surface area contributed by atoms with E-state index in [9.17, 15) is 0 Å². The van der Waals surface area contributed by atoms with Gasteiger partial charge in [-0.1, -0.05) is 34.1 Å². The van der Waals surface area contributed by atoms with Crippen LogP contribution < -0.4 is 0 Å². The first-order valence-corrected chi connectivity index (χ1v) is 5.06. The molecule has 0 saturated carbocycles. The molecule has 14 heavy (non-hydrogen) atoms. The van der Waals surface area contributed by atoms with Crippen LogP contribution in [0.1, 0.15) is 11.1 Å². The van der Waals surface area contributed by atoms with Crippen LogP contribution >= 0.6 is 15.9 Å². The third kappa shape index (κ3) is 3.99. The molecule has 0 atom stereocenters. The number of hydrogen-bond donors (Lipinski definition) is 0. The van der Waals surface area contributed by atoms with Gasteiger partial charge < -0.3 is 0 Å². The molecule has 2 heteroatoms. The average molecular weight is 263 g/mol. The maximum Gasteiger partial charge on any atom is 0.316 e. The lowest BCUT2D eigenvalue weighted by molar-refractivity contribution is 1.15. The summed E-state index contributed by atoms with van der Waals surface area (Å²) in [7, 11) is 0. The first-order chi connectivity index (χ1) is 6.27. The van der Waals surface area contributed by atoms with E-state index in [2.05, 4.69) is 47.3 Å². The van der Waals surface area contributed by atoms with Crippen LogP contribution in [-0.4, -0.2) is 23.1 Å². The fourth-order valence-electron chi connectivity index (χ4n) is 1.29. The Morgan fingerprint density at radius 2 is 1.64 bits per heavy atom. The molecule has 0 spiro atoms.